The summed E-state index contributed by atoms with van der Waals surface area (Å²) < 4.78 is 0. The number of fused-ring (bicyclic) bond motifs is 13. The molecule has 0 saturated carbocycles. The topological polar surface area (TPSA) is 36.8 Å². The van der Waals surface area contributed by atoms with Crippen LogP contribution in [-0.2, 0) is 16.2 Å². The van der Waals surface area contributed by atoms with Gasteiger partial charge in [0.25, 0.3) is 0 Å². The van der Waals surface area contributed by atoms with Gasteiger partial charge >= 0.3 is 0 Å². The SMILES string of the molecule is CC1(C)c2ccccc2-c2ccc(C3N=C(c4ccc5ccccc5c4)NC(c4cccc5c4-c4ccccc4C54c5ccccc5C(C)(C)c5ccccc54)=N3)cc21. The first-order chi connectivity index (χ1) is 28.8. The normalized spacial score (nSPS) is 18.1. The zero-order valence-electron chi connectivity index (χ0n) is 33.7. The number of rotatable bonds is 3. The molecule has 1 heterocycles. The summed E-state index contributed by atoms with van der Waals surface area (Å²) in [6.07, 6.45) is -0.448. The van der Waals surface area contributed by atoms with E-state index in [1.54, 1.807) is 0 Å². The zero-order chi connectivity index (χ0) is 39.7. The number of aliphatic imine (C=N–C) groups is 2. The molecule has 4 aliphatic rings. The zero-order valence-corrected chi connectivity index (χ0v) is 33.7. The fourth-order valence-electron chi connectivity index (χ4n) is 11.2. The summed E-state index contributed by atoms with van der Waals surface area (Å²) in [6.45, 7) is 9.43. The molecular formula is C56H43N3. The Kier molecular flexibility index (Phi) is 7.02. The molecule has 1 unspecified atom stereocenters. The summed E-state index contributed by atoms with van der Waals surface area (Å²) in [5, 5.41) is 6.22. The number of nitrogens with one attached hydrogen (secondary N) is 1. The largest absolute Gasteiger partial charge is 0.324 e. The molecule has 1 aliphatic heterocycles. The summed E-state index contributed by atoms with van der Waals surface area (Å²) in [6, 6.07) is 65.1. The lowest BCUT2D eigenvalue weighted by Crippen LogP contribution is -2.40. The fraction of sp³-hybridized carbons (Fsp3) is 0.143. The van der Waals surface area contributed by atoms with Gasteiger partial charge in [0.15, 0.2) is 6.17 Å². The first kappa shape index (κ1) is 34.2. The minimum atomic E-state index is -0.491. The van der Waals surface area contributed by atoms with Crippen LogP contribution in [0.1, 0.15) is 95.1 Å². The van der Waals surface area contributed by atoms with Gasteiger partial charge in [0.1, 0.15) is 11.7 Å². The van der Waals surface area contributed by atoms with E-state index >= 15 is 0 Å². The Bertz CT molecular complexity index is 3110. The van der Waals surface area contributed by atoms with Crippen LogP contribution in [0.5, 0.6) is 0 Å². The van der Waals surface area contributed by atoms with Gasteiger partial charge in [-0.3, -0.25) is 0 Å². The molecule has 3 nitrogen and oxygen atoms in total. The van der Waals surface area contributed by atoms with Crippen molar-refractivity contribution in [2.75, 3.05) is 0 Å². The number of benzene rings is 8. The van der Waals surface area contributed by atoms with E-state index in [-0.39, 0.29) is 10.8 Å². The van der Waals surface area contributed by atoms with Crippen molar-refractivity contribution in [1.82, 2.24) is 5.32 Å². The van der Waals surface area contributed by atoms with Gasteiger partial charge in [-0.15, -0.1) is 0 Å². The second-order valence-corrected chi connectivity index (χ2v) is 17.7. The first-order valence-corrected chi connectivity index (χ1v) is 20.9. The number of amidine groups is 2. The second kappa shape index (κ2) is 12.1. The van der Waals surface area contributed by atoms with Crippen LogP contribution < -0.4 is 5.32 Å². The van der Waals surface area contributed by atoms with E-state index in [0.29, 0.717) is 0 Å². The second-order valence-electron chi connectivity index (χ2n) is 17.7. The van der Waals surface area contributed by atoms with Crippen LogP contribution in [0.4, 0.5) is 0 Å². The lowest BCUT2D eigenvalue weighted by molar-refractivity contribution is 0.563. The number of hydrogen-bond acceptors (Lipinski definition) is 3. The molecule has 282 valence electrons. The maximum Gasteiger partial charge on any atom is 0.169 e. The van der Waals surface area contributed by atoms with Crippen molar-refractivity contribution in [3.8, 4) is 22.3 Å². The van der Waals surface area contributed by atoms with Crippen molar-refractivity contribution >= 4 is 22.4 Å². The Morgan fingerprint density at radius 3 is 1.68 bits per heavy atom. The van der Waals surface area contributed by atoms with Gasteiger partial charge in [-0.05, 0) is 89.2 Å². The van der Waals surface area contributed by atoms with Gasteiger partial charge in [-0.25, -0.2) is 9.98 Å². The van der Waals surface area contributed by atoms with E-state index in [1.165, 1.54) is 77.5 Å². The standard InChI is InChI=1S/C56H43N3/c1-54(2)42-21-9-7-18-38(42)39-31-30-37(33-49(39)54)52-57-51(36-29-28-34-16-5-6-17-35(34)32-36)58-53(59-52)41-20-15-27-48-50(41)40-19-8-10-22-43(40)56(48)46-25-13-11-23-44(46)55(3,4)45-24-12-14-26-47(45)56/h5-33,52H,1-4H3,(H,57,58,59). The van der Waals surface area contributed by atoms with E-state index in [2.05, 4.69) is 209 Å². The summed E-state index contributed by atoms with van der Waals surface area (Å²) in [5.41, 5.74) is 18.2. The molecule has 1 spiro atoms. The molecule has 59 heavy (non-hydrogen) atoms. The maximum absolute atomic E-state index is 5.60. The minimum absolute atomic E-state index is 0.133. The van der Waals surface area contributed by atoms with Crippen LogP contribution in [0.3, 0.4) is 0 Å². The lowest BCUT2D eigenvalue weighted by atomic mass is 9.55. The highest BCUT2D eigenvalue weighted by molar-refractivity contribution is 6.19. The van der Waals surface area contributed by atoms with Gasteiger partial charge in [0, 0.05) is 22.0 Å². The Morgan fingerprint density at radius 1 is 0.390 bits per heavy atom. The van der Waals surface area contributed by atoms with E-state index < -0.39 is 11.6 Å². The molecular weight excluding hydrogens is 715 g/mol. The van der Waals surface area contributed by atoms with Crippen molar-refractivity contribution < 1.29 is 0 Å². The van der Waals surface area contributed by atoms with Gasteiger partial charge in [-0.1, -0.05) is 198 Å². The van der Waals surface area contributed by atoms with E-state index in [4.69, 9.17) is 9.98 Å². The smallest absolute Gasteiger partial charge is 0.169 e. The van der Waals surface area contributed by atoms with E-state index in [0.717, 1.165) is 28.4 Å². The van der Waals surface area contributed by atoms with E-state index in [9.17, 15) is 0 Å². The quantitative estimate of drug-likeness (QED) is 0.191. The van der Waals surface area contributed by atoms with Gasteiger partial charge in [0.05, 0.1) is 5.41 Å². The predicted molar refractivity (Wildman–Crippen MR) is 243 cm³/mol. The van der Waals surface area contributed by atoms with Crippen molar-refractivity contribution in [2.45, 2.75) is 50.1 Å². The van der Waals surface area contributed by atoms with Crippen LogP contribution in [0.15, 0.2) is 186 Å². The summed E-state index contributed by atoms with van der Waals surface area (Å²) in [4.78, 5) is 11.0. The molecule has 0 radical (unpaired) electrons. The average Bonchev–Trinajstić information content (AvgIpc) is 3.71. The van der Waals surface area contributed by atoms with Crippen LogP contribution in [0.25, 0.3) is 33.0 Å². The summed E-state index contributed by atoms with van der Waals surface area (Å²) >= 11 is 0. The van der Waals surface area contributed by atoms with Crippen molar-refractivity contribution in [2.24, 2.45) is 9.98 Å². The van der Waals surface area contributed by atoms with Crippen LogP contribution in [-0.4, -0.2) is 11.7 Å². The van der Waals surface area contributed by atoms with Crippen molar-refractivity contribution in [3.63, 3.8) is 0 Å². The van der Waals surface area contributed by atoms with Gasteiger partial charge in [0.2, 0.25) is 0 Å². The Balaban J connectivity index is 1.09. The molecule has 0 bridgehead atoms. The molecule has 1 atom stereocenters. The Labute approximate surface area is 345 Å². The molecule has 8 aromatic carbocycles. The summed E-state index contributed by atoms with van der Waals surface area (Å²) in [7, 11) is 0. The molecule has 0 aromatic heterocycles. The molecule has 0 fully saturated rings. The molecule has 3 aliphatic carbocycles. The highest BCUT2D eigenvalue weighted by Crippen LogP contribution is 2.62. The van der Waals surface area contributed by atoms with Crippen LogP contribution in [0.2, 0.25) is 0 Å². The molecule has 0 saturated heterocycles. The predicted octanol–water partition coefficient (Wildman–Crippen LogP) is 12.6. The highest BCUT2D eigenvalue weighted by atomic mass is 15.2. The monoisotopic (exact) mass is 757 g/mol. The molecule has 8 aromatic rings. The van der Waals surface area contributed by atoms with E-state index in [1.807, 2.05) is 0 Å². The fourth-order valence-corrected chi connectivity index (χ4v) is 11.2. The van der Waals surface area contributed by atoms with Crippen molar-refractivity contribution in [1.29, 1.82) is 0 Å². The Hall–Kier alpha value is -6.84. The molecule has 0 amide bonds. The third-order valence-electron chi connectivity index (χ3n) is 14.0. The molecule has 12 rings (SSSR count). The number of hydrogen-bond donors (Lipinski definition) is 1. The summed E-state index contributed by atoms with van der Waals surface area (Å²) in [5.74, 6) is 1.65. The Morgan fingerprint density at radius 2 is 0.932 bits per heavy atom. The minimum Gasteiger partial charge on any atom is -0.324 e. The average molecular weight is 758 g/mol. The maximum atomic E-state index is 5.60. The van der Waals surface area contributed by atoms with Crippen LogP contribution in [0, 0.1) is 0 Å². The third kappa shape index (κ3) is 4.59. The lowest BCUT2D eigenvalue weighted by Gasteiger charge is -2.46. The molecule has 1 N–H and O–H groups in total. The first-order valence-electron chi connectivity index (χ1n) is 20.9. The number of nitrogens with zero attached hydrogens (tertiary/aromatic N) is 2. The van der Waals surface area contributed by atoms with Gasteiger partial charge in [-0.2, -0.15) is 0 Å². The van der Waals surface area contributed by atoms with Gasteiger partial charge < -0.3 is 5.32 Å². The van der Waals surface area contributed by atoms with Crippen molar-refractivity contribution in [3.05, 3.63) is 237 Å². The third-order valence-corrected chi connectivity index (χ3v) is 14.0. The molecule has 3 heteroatoms. The highest BCUT2D eigenvalue weighted by Gasteiger charge is 2.53. The van der Waals surface area contributed by atoms with Crippen LogP contribution >= 0.6 is 0 Å².